The Morgan fingerprint density at radius 2 is 2.08 bits per heavy atom. The number of likely N-dealkylation sites (N-methyl/N-ethyl adjacent to an activating group) is 1. The molecule has 136 valence electrons. The first-order valence-corrected chi connectivity index (χ1v) is 8.68. The first-order chi connectivity index (χ1) is 12.5. The maximum atomic E-state index is 12.8. The maximum Gasteiger partial charge on any atom is 0.259 e. The Labute approximate surface area is 153 Å². The van der Waals surface area contributed by atoms with E-state index in [9.17, 15) is 9.59 Å². The number of amides is 2. The van der Waals surface area contributed by atoms with Crippen molar-refractivity contribution in [2.24, 2.45) is 0 Å². The zero-order valence-electron chi connectivity index (χ0n) is 15.1. The molecule has 1 atom stereocenters. The molecule has 3 rings (SSSR count). The largest absolute Gasteiger partial charge is 0.484 e. The lowest BCUT2D eigenvalue weighted by atomic mass is 10.0. The Hall–Kier alpha value is -2.89. The molecule has 0 spiro atoms. The van der Waals surface area contributed by atoms with Gasteiger partial charge in [-0.25, -0.2) is 0 Å². The second-order valence-corrected chi connectivity index (χ2v) is 6.60. The highest BCUT2D eigenvalue weighted by Gasteiger charge is 2.28. The summed E-state index contributed by atoms with van der Waals surface area (Å²) in [7, 11) is 3.36. The summed E-state index contributed by atoms with van der Waals surface area (Å²) in [5, 5.41) is 0. The number of aromatic nitrogens is 1. The highest BCUT2D eigenvalue weighted by Crippen LogP contribution is 2.27. The number of carbonyl (C=O) groups excluding carboxylic acids is 2. The Balaban J connectivity index is 1.63. The van der Waals surface area contributed by atoms with E-state index < -0.39 is 0 Å². The molecular weight excluding hydrogens is 330 g/mol. The van der Waals surface area contributed by atoms with Crippen molar-refractivity contribution in [3.05, 3.63) is 59.9 Å². The monoisotopic (exact) mass is 353 g/mol. The smallest absolute Gasteiger partial charge is 0.259 e. The van der Waals surface area contributed by atoms with E-state index in [-0.39, 0.29) is 24.3 Å². The third kappa shape index (κ3) is 4.20. The second kappa shape index (κ2) is 7.99. The van der Waals surface area contributed by atoms with Crippen LogP contribution in [0.25, 0.3) is 0 Å². The molecule has 1 aromatic heterocycles. The van der Waals surface area contributed by atoms with E-state index in [4.69, 9.17) is 4.74 Å². The van der Waals surface area contributed by atoms with Gasteiger partial charge in [0.15, 0.2) is 6.61 Å². The van der Waals surface area contributed by atoms with Crippen molar-refractivity contribution in [3.8, 4) is 5.75 Å². The average Bonchev–Trinajstić information content (AvgIpc) is 3.16. The van der Waals surface area contributed by atoms with Crippen molar-refractivity contribution >= 4 is 11.8 Å². The first kappa shape index (κ1) is 17.9. The summed E-state index contributed by atoms with van der Waals surface area (Å²) in [6.07, 6.45) is 2.70. The Bertz CT molecular complexity index is 777. The molecule has 6 nitrogen and oxygen atoms in total. The lowest BCUT2D eigenvalue weighted by molar-refractivity contribution is -0.130. The summed E-state index contributed by atoms with van der Waals surface area (Å²) < 4.78 is 5.50. The molecule has 1 aromatic carbocycles. The number of benzene rings is 1. The molecule has 2 heterocycles. The van der Waals surface area contributed by atoms with Crippen LogP contribution in [0.2, 0.25) is 0 Å². The summed E-state index contributed by atoms with van der Waals surface area (Å²) >= 11 is 0. The number of pyridine rings is 1. The first-order valence-electron chi connectivity index (χ1n) is 8.68. The molecule has 1 unspecified atom stereocenters. The van der Waals surface area contributed by atoms with Gasteiger partial charge in [0.25, 0.3) is 11.8 Å². The zero-order valence-corrected chi connectivity index (χ0v) is 15.1. The van der Waals surface area contributed by atoms with Gasteiger partial charge in [-0.3, -0.25) is 14.6 Å². The SMILES string of the molecule is CN(C)C(=O)COc1cccc(C(=O)N2CCC(c3ccccn3)C2)c1. The van der Waals surface area contributed by atoms with E-state index in [0.29, 0.717) is 24.4 Å². The van der Waals surface area contributed by atoms with Crippen LogP contribution in [0.5, 0.6) is 5.75 Å². The van der Waals surface area contributed by atoms with Gasteiger partial charge in [-0.2, -0.15) is 0 Å². The number of hydrogen-bond donors (Lipinski definition) is 0. The van der Waals surface area contributed by atoms with Crippen LogP contribution in [0, 0.1) is 0 Å². The molecule has 6 heteroatoms. The highest BCUT2D eigenvalue weighted by molar-refractivity contribution is 5.94. The van der Waals surface area contributed by atoms with Crippen LogP contribution >= 0.6 is 0 Å². The molecule has 0 bridgehead atoms. The van der Waals surface area contributed by atoms with Crippen LogP contribution in [-0.4, -0.2) is 60.4 Å². The van der Waals surface area contributed by atoms with Gasteiger partial charge < -0.3 is 14.5 Å². The molecule has 26 heavy (non-hydrogen) atoms. The third-order valence-corrected chi connectivity index (χ3v) is 4.52. The number of hydrogen-bond acceptors (Lipinski definition) is 4. The van der Waals surface area contributed by atoms with E-state index >= 15 is 0 Å². The number of rotatable bonds is 5. The van der Waals surface area contributed by atoms with Gasteiger partial charge in [0.2, 0.25) is 0 Å². The van der Waals surface area contributed by atoms with Crippen LogP contribution < -0.4 is 4.74 Å². The van der Waals surface area contributed by atoms with E-state index in [2.05, 4.69) is 4.98 Å². The summed E-state index contributed by atoms with van der Waals surface area (Å²) in [5.74, 6) is 0.649. The van der Waals surface area contributed by atoms with Crippen LogP contribution in [-0.2, 0) is 4.79 Å². The van der Waals surface area contributed by atoms with E-state index in [0.717, 1.165) is 12.1 Å². The van der Waals surface area contributed by atoms with Gasteiger partial charge >= 0.3 is 0 Å². The Morgan fingerprint density at radius 3 is 2.81 bits per heavy atom. The van der Waals surface area contributed by atoms with Gasteiger partial charge in [-0.15, -0.1) is 0 Å². The van der Waals surface area contributed by atoms with Gasteiger partial charge in [0.05, 0.1) is 0 Å². The van der Waals surface area contributed by atoms with E-state index in [1.165, 1.54) is 4.90 Å². The van der Waals surface area contributed by atoms with Gasteiger partial charge in [0.1, 0.15) is 5.75 Å². The summed E-state index contributed by atoms with van der Waals surface area (Å²) in [4.78, 5) is 32.2. The number of likely N-dealkylation sites (tertiary alicyclic amines) is 1. The van der Waals surface area contributed by atoms with Crippen molar-refractivity contribution in [2.75, 3.05) is 33.8 Å². The Morgan fingerprint density at radius 1 is 1.23 bits per heavy atom. The predicted octanol–water partition coefficient (Wildman–Crippen LogP) is 2.18. The molecule has 0 saturated carbocycles. The molecule has 2 aromatic rings. The molecule has 1 fully saturated rings. The molecule has 0 radical (unpaired) electrons. The topological polar surface area (TPSA) is 62.7 Å². The van der Waals surface area contributed by atoms with Crippen molar-refractivity contribution in [3.63, 3.8) is 0 Å². The highest BCUT2D eigenvalue weighted by atomic mass is 16.5. The Kier molecular flexibility index (Phi) is 5.51. The zero-order chi connectivity index (χ0) is 18.5. The van der Waals surface area contributed by atoms with Crippen molar-refractivity contribution < 1.29 is 14.3 Å². The molecule has 2 amide bonds. The minimum Gasteiger partial charge on any atom is -0.484 e. The molecule has 1 aliphatic rings. The maximum absolute atomic E-state index is 12.8. The summed E-state index contributed by atoms with van der Waals surface area (Å²) in [5.41, 5.74) is 1.60. The van der Waals surface area contributed by atoms with Crippen molar-refractivity contribution in [2.45, 2.75) is 12.3 Å². The molecule has 0 N–H and O–H groups in total. The number of ether oxygens (including phenoxy) is 1. The normalized spacial score (nSPS) is 16.4. The van der Waals surface area contributed by atoms with Crippen LogP contribution in [0.15, 0.2) is 48.7 Å². The van der Waals surface area contributed by atoms with Gasteiger partial charge in [-0.1, -0.05) is 12.1 Å². The van der Waals surface area contributed by atoms with Crippen molar-refractivity contribution in [1.82, 2.24) is 14.8 Å². The fraction of sp³-hybridized carbons (Fsp3) is 0.350. The number of carbonyl (C=O) groups is 2. The van der Waals surface area contributed by atoms with Gasteiger partial charge in [-0.05, 0) is 36.8 Å². The second-order valence-electron chi connectivity index (χ2n) is 6.60. The molecule has 1 aliphatic heterocycles. The molecule has 1 saturated heterocycles. The molecular formula is C20H23N3O3. The number of nitrogens with zero attached hydrogens (tertiary/aromatic N) is 3. The molecule has 0 aliphatic carbocycles. The quantitative estimate of drug-likeness (QED) is 0.827. The fourth-order valence-electron chi connectivity index (χ4n) is 2.98. The van der Waals surface area contributed by atoms with Crippen LogP contribution in [0.4, 0.5) is 0 Å². The summed E-state index contributed by atoms with van der Waals surface area (Å²) in [6, 6.07) is 12.9. The standard InChI is InChI=1S/C20H23N3O3/c1-22(2)19(24)14-26-17-7-5-6-15(12-17)20(25)23-11-9-16(13-23)18-8-3-4-10-21-18/h3-8,10,12,16H,9,11,13-14H2,1-2H3. The van der Waals surface area contributed by atoms with Crippen molar-refractivity contribution in [1.29, 1.82) is 0 Å². The van der Waals surface area contributed by atoms with Crippen LogP contribution in [0.3, 0.4) is 0 Å². The van der Waals surface area contributed by atoms with E-state index in [1.807, 2.05) is 23.1 Å². The average molecular weight is 353 g/mol. The third-order valence-electron chi connectivity index (χ3n) is 4.52. The lowest BCUT2D eigenvalue weighted by Crippen LogP contribution is -2.29. The summed E-state index contributed by atoms with van der Waals surface area (Å²) in [6.45, 7) is 1.33. The minimum absolute atomic E-state index is 0.0205. The minimum atomic E-state index is -0.125. The van der Waals surface area contributed by atoms with Gasteiger partial charge in [0, 0.05) is 50.6 Å². The predicted molar refractivity (Wildman–Crippen MR) is 98.1 cm³/mol. The fourth-order valence-corrected chi connectivity index (χ4v) is 2.98. The lowest BCUT2D eigenvalue weighted by Gasteiger charge is -2.17. The van der Waals surface area contributed by atoms with E-state index in [1.54, 1.807) is 44.6 Å². The van der Waals surface area contributed by atoms with Crippen LogP contribution in [0.1, 0.15) is 28.4 Å².